The van der Waals surface area contributed by atoms with Gasteiger partial charge in [0.2, 0.25) is 0 Å². The van der Waals surface area contributed by atoms with Crippen LogP contribution in [0.25, 0.3) is 0 Å². The maximum atomic E-state index is 10.5. The number of carbonyl (C=O) groups is 1. The van der Waals surface area contributed by atoms with E-state index in [-0.39, 0.29) is 6.10 Å². The van der Waals surface area contributed by atoms with Crippen LogP contribution in [-0.2, 0) is 9.53 Å². The van der Waals surface area contributed by atoms with Crippen LogP contribution in [0, 0.1) is 11.8 Å². The predicted molar refractivity (Wildman–Crippen MR) is 49.6 cm³/mol. The van der Waals surface area contributed by atoms with Gasteiger partial charge in [-0.2, -0.15) is 0 Å². The molecule has 3 heteroatoms. The molecule has 1 fully saturated rings. The first-order valence-corrected chi connectivity index (χ1v) is 4.93. The Bertz CT molecular complexity index is 177. The first kappa shape index (κ1) is 10.5. The van der Waals surface area contributed by atoms with E-state index in [0.717, 1.165) is 19.4 Å². The highest BCUT2D eigenvalue weighted by molar-refractivity contribution is 5.67. The molecule has 3 nitrogen and oxygen atoms in total. The fraction of sp³-hybridized carbons (Fsp3) is 0.900. The summed E-state index contributed by atoms with van der Waals surface area (Å²) in [6, 6.07) is 0. The summed E-state index contributed by atoms with van der Waals surface area (Å²) in [4.78, 5) is 10.5. The van der Waals surface area contributed by atoms with Gasteiger partial charge in [0.25, 0.3) is 0 Å². The molecule has 0 spiro atoms. The highest BCUT2D eigenvalue weighted by atomic mass is 16.5. The molecule has 0 aliphatic carbocycles. The smallest absolute Gasteiger partial charge is 0.303 e. The number of hydrogen-bond donors (Lipinski definition) is 1. The van der Waals surface area contributed by atoms with Crippen molar-refractivity contribution in [1.29, 1.82) is 0 Å². The molecule has 0 aromatic heterocycles. The standard InChI is InChI=1S/C10H18O3/c1-7(2)9-5-8(3-4-13-9)6-10(11)12/h7-9H,3-6H2,1-2H3,(H,11,12). The van der Waals surface area contributed by atoms with Crippen molar-refractivity contribution in [2.24, 2.45) is 11.8 Å². The van der Waals surface area contributed by atoms with Gasteiger partial charge in [-0.3, -0.25) is 4.79 Å². The highest BCUT2D eigenvalue weighted by Crippen LogP contribution is 2.26. The second-order valence-electron chi connectivity index (χ2n) is 4.14. The third-order valence-electron chi connectivity index (χ3n) is 2.63. The van der Waals surface area contributed by atoms with Gasteiger partial charge in [0.05, 0.1) is 6.10 Å². The van der Waals surface area contributed by atoms with Crippen molar-refractivity contribution in [1.82, 2.24) is 0 Å². The van der Waals surface area contributed by atoms with Crippen molar-refractivity contribution in [3.05, 3.63) is 0 Å². The van der Waals surface area contributed by atoms with Crippen LogP contribution in [0.5, 0.6) is 0 Å². The van der Waals surface area contributed by atoms with Crippen LogP contribution in [0.2, 0.25) is 0 Å². The van der Waals surface area contributed by atoms with E-state index in [0.29, 0.717) is 18.3 Å². The minimum absolute atomic E-state index is 0.262. The van der Waals surface area contributed by atoms with E-state index in [1.165, 1.54) is 0 Å². The van der Waals surface area contributed by atoms with Gasteiger partial charge in [-0.1, -0.05) is 13.8 Å². The second kappa shape index (κ2) is 4.61. The summed E-state index contributed by atoms with van der Waals surface area (Å²) in [7, 11) is 0. The fourth-order valence-electron chi connectivity index (χ4n) is 1.80. The average Bonchev–Trinajstić information content (AvgIpc) is 2.03. The number of carboxylic acids is 1. The summed E-state index contributed by atoms with van der Waals surface area (Å²) < 4.78 is 5.56. The minimum atomic E-state index is -0.686. The molecule has 1 saturated heterocycles. The molecule has 76 valence electrons. The third kappa shape index (κ3) is 3.35. The van der Waals surface area contributed by atoms with Crippen LogP contribution in [0.15, 0.2) is 0 Å². The lowest BCUT2D eigenvalue weighted by molar-refractivity contribution is -0.139. The summed E-state index contributed by atoms with van der Waals surface area (Å²) in [6.45, 7) is 4.96. The fourth-order valence-corrected chi connectivity index (χ4v) is 1.80. The van der Waals surface area contributed by atoms with Crippen LogP contribution in [0.4, 0.5) is 0 Å². The molecule has 13 heavy (non-hydrogen) atoms. The van der Waals surface area contributed by atoms with Crippen LogP contribution < -0.4 is 0 Å². The Kier molecular flexibility index (Phi) is 3.72. The van der Waals surface area contributed by atoms with Gasteiger partial charge in [0.1, 0.15) is 0 Å². The molecule has 0 amide bonds. The zero-order valence-electron chi connectivity index (χ0n) is 8.32. The molecule has 1 aliphatic heterocycles. The maximum Gasteiger partial charge on any atom is 0.303 e. The zero-order valence-corrected chi connectivity index (χ0v) is 8.32. The van der Waals surface area contributed by atoms with Crippen molar-refractivity contribution in [2.45, 2.75) is 39.2 Å². The largest absolute Gasteiger partial charge is 0.481 e. The number of carboxylic acid groups (broad SMARTS) is 1. The van der Waals surface area contributed by atoms with Crippen molar-refractivity contribution in [3.63, 3.8) is 0 Å². The molecule has 0 bridgehead atoms. The van der Waals surface area contributed by atoms with Crippen molar-refractivity contribution < 1.29 is 14.6 Å². The van der Waals surface area contributed by atoms with Crippen molar-refractivity contribution in [2.75, 3.05) is 6.61 Å². The Balaban J connectivity index is 2.37. The molecule has 1 aliphatic rings. The molecule has 0 aromatic rings. The summed E-state index contributed by atoms with van der Waals surface area (Å²) >= 11 is 0. The Hall–Kier alpha value is -0.570. The number of rotatable bonds is 3. The maximum absolute atomic E-state index is 10.5. The predicted octanol–water partition coefficient (Wildman–Crippen LogP) is 1.91. The Morgan fingerprint density at radius 3 is 2.85 bits per heavy atom. The molecule has 2 unspecified atom stereocenters. The first-order chi connectivity index (χ1) is 6.09. The lowest BCUT2D eigenvalue weighted by atomic mass is 9.88. The van der Waals surface area contributed by atoms with E-state index in [2.05, 4.69) is 13.8 Å². The SMILES string of the molecule is CC(C)C1CC(CC(=O)O)CCO1. The van der Waals surface area contributed by atoms with E-state index in [1.807, 2.05) is 0 Å². The van der Waals surface area contributed by atoms with Crippen LogP contribution in [-0.4, -0.2) is 23.8 Å². The van der Waals surface area contributed by atoms with Crippen LogP contribution in [0.3, 0.4) is 0 Å². The zero-order chi connectivity index (χ0) is 9.84. The molecule has 0 radical (unpaired) electrons. The summed E-state index contributed by atoms with van der Waals surface area (Å²) in [5, 5.41) is 8.65. The molecule has 1 N–H and O–H groups in total. The summed E-state index contributed by atoms with van der Waals surface area (Å²) in [6.07, 6.45) is 2.37. The Morgan fingerprint density at radius 2 is 2.31 bits per heavy atom. The van der Waals surface area contributed by atoms with Gasteiger partial charge in [-0.15, -0.1) is 0 Å². The Labute approximate surface area is 79.1 Å². The van der Waals surface area contributed by atoms with Crippen LogP contribution >= 0.6 is 0 Å². The quantitative estimate of drug-likeness (QED) is 0.732. The van der Waals surface area contributed by atoms with Crippen molar-refractivity contribution in [3.8, 4) is 0 Å². The second-order valence-corrected chi connectivity index (χ2v) is 4.14. The van der Waals surface area contributed by atoms with Gasteiger partial charge in [0, 0.05) is 13.0 Å². The van der Waals surface area contributed by atoms with Gasteiger partial charge in [-0.05, 0) is 24.7 Å². The average molecular weight is 186 g/mol. The molecular formula is C10H18O3. The van der Waals surface area contributed by atoms with E-state index in [9.17, 15) is 4.79 Å². The molecule has 2 atom stereocenters. The molecular weight excluding hydrogens is 168 g/mol. The van der Waals surface area contributed by atoms with Gasteiger partial charge in [-0.25, -0.2) is 0 Å². The summed E-state index contributed by atoms with van der Waals surface area (Å²) in [5.41, 5.74) is 0. The molecule has 1 rings (SSSR count). The van der Waals surface area contributed by atoms with E-state index >= 15 is 0 Å². The Morgan fingerprint density at radius 1 is 1.62 bits per heavy atom. The molecule has 1 heterocycles. The number of aliphatic carboxylic acids is 1. The van der Waals surface area contributed by atoms with Gasteiger partial charge >= 0.3 is 5.97 Å². The van der Waals surface area contributed by atoms with E-state index in [4.69, 9.17) is 9.84 Å². The topological polar surface area (TPSA) is 46.5 Å². The van der Waals surface area contributed by atoms with E-state index < -0.39 is 5.97 Å². The summed E-state index contributed by atoms with van der Waals surface area (Å²) in [5.74, 6) is 0.129. The van der Waals surface area contributed by atoms with Crippen LogP contribution in [0.1, 0.15) is 33.1 Å². The monoisotopic (exact) mass is 186 g/mol. The number of ether oxygens (including phenoxy) is 1. The first-order valence-electron chi connectivity index (χ1n) is 4.93. The molecule has 0 saturated carbocycles. The van der Waals surface area contributed by atoms with Crippen molar-refractivity contribution >= 4 is 5.97 Å². The molecule has 0 aromatic carbocycles. The van der Waals surface area contributed by atoms with Gasteiger partial charge < -0.3 is 9.84 Å². The van der Waals surface area contributed by atoms with Gasteiger partial charge in [0.15, 0.2) is 0 Å². The lowest BCUT2D eigenvalue weighted by Crippen LogP contribution is -2.30. The number of hydrogen-bond acceptors (Lipinski definition) is 2. The third-order valence-corrected chi connectivity index (χ3v) is 2.63. The lowest BCUT2D eigenvalue weighted by Gasteiger charge is -2.31. The van der Waals surface area contributed by atoms with E-state index in [1.54, 1.807) is 0 Å². The minimum Gasteiger partial charge on any atom is -0.481 e. The normalized spacial score (nSPS) is 29.2. The highest BCUT2D eigenvalue weighted by Gasteiger charge is 2.26.